The normalized spacial score (nSPS) is 27.0. The lowest BCUT2D eigenvalue weighted by Crippen LogP contribution is -2.58. The molecule has 11 amide bonds. The van der Waals surface area contributed by atoms with Crippen molar-refractivity contribution >= 4 is 65.0 Å². The molecular weight excluding hydrogens is 835 g/mol. The molecule has 0 aromatic carbocycles. The van der Waals surface area contributed by atoms with E-state index in [0.717, 1.165) is 29.4 Å². The number of nitrogens with one attached hydrogen (secondary N) is 5. The zero-order valence-electron chi connectivity index (χ0n) is 44.1. The van der Waals surface area contributed by atoms with Crippen LogP contribution in [0.25, 0.3) is 0 Å². The van der Waals surface area contributed by atoms with Gasteiger partial charge in [-0.15, -0.1) is 0 Å². The van der Waals surface area contributed by atoms with Crippen LogP contribution in [0.3, 0.4) is 0 Å². The SMILES string of the molecule is [2H]N1CC(=O)N([2H])C(C)C(=O)N(C)CC(=O)NCC(=O)N(C)C(C(C)C)C(=O)N(C)C(C)C(=O)N([2H])C(CC)C(=O)N(C)CC(=O)N(C)CC(=O)N([2H])C(C(C)C)C(=O)N(C)C(CC(C)C)C1=O. The van der Waals surface area contributed by atoms with Crippen molar-refractivity contribution in [3.8, 4) is 0 Å². The summed E-state index contributed by atoms with van der Waals surface area (Å²) in [6.07, 6.45) is -0.111. The number of hydrogen-bond donors (Lipinski definition) is 5. The molecule has 5 N–H and O–H groups in total. The van der Waals surface area contributed by atoms with E-state index in [0.29, 0.717) is 10.6 Å². The topological polar surface area (TPSA) is 267 Å². The van der Waals surface area contributed by atoms with E-state index >= 15 is 0 Å². The molecule has 1 aliphatic heterocycles. The van der Waals surface area contributed by atoms with Crippen LogP contribution in [-0.4, -0.2) is 206 Å². The van der Waals surface area contributed by atoms with Gasteiger partial charge in [0.1, 0.15) is 36.3 Å². The number of hydrogen-bond acceptors (Lipinski definition) is 11. The summed E-state index contributed by atoms with van der Waals surface area (Å²) in [7, 11) is 7.51. The van der Waals surface area contributed by atoms with Gasteiger partial charge in [0.15, 0.2) is 5.65 Å². The molecular formula is C42H73N11O11. The highest BCUT2D eigenvalue weighted by Crippen LogP contribution is 2.16. The lowest BCUT2D eigenvalue weighted by molar-refractivity contribution is -0.149. The van der Waals surface area contributed by atoms with Crippen molar-refractivity contribution in [3.05, 3.63) is 0 Å². The first-order chi connectivity index (χ1) is 31.3. The largest absolute Gasteiger partial charge is 0.345 e. The van der Waals surface area contributed by atoms with Gasteiger partial charge >= 0.3 is 0 Å². The molecule has 0 saturated carbocycles. The van der Waals surface area contributed by atoms with Crippen LogP contribution in [0, 0.1) is 17.8 Å². The van der Waals surface area contributed by atoms with Crippen LogP contribution in [0.1, 0.15) is 75.2 Å². The maximum atomic E-state index is 14.1. The number of amides is 11. The third-order valence-electron chi connectivity index (χ3n) is 10.7. The molecule has 1 rings (SSSR count). The van der Waals surface area contributed by atoms with Crippen molar-refractivity contribution in [2.45, 2.75) is 111 Å². The smallest absolute Gasteiger partial charge is 0.246 e. The van der Waals surface area contributed by atoms with Gasteiger partial charge in [-0.05, 0) is 44.4 Å². The molecule has 64 heavy (non-hydrogen) atoms. The summed E-state index contributed by atoms with van der Waals surface area (Å²) in [6, 6.07) is -8.39. The highest BCUT2D eigenvalue weighted by molar-refractivity contribution is 5.97. The third-order valence-corrected chi connectivity index (χ3v) is 10.7. The number of carbonyl (C=O) groups excluding carboxylic acids is 11. The van der Waals surface area contributed by atoms with E-state index in [1.165, 1.54) is 63.1 Å². The van der Waals surface area contributed by atoms with Gasteiger partial charge in [-0.1, -0.05) is 48.5 Å². The van der Waals surface area contributed by atoms with E-state index < -0.39 is 146 Å². The van der Waals surface area contributed by atoms with E-state index in [4.69, 9.17) is 5.65 Å². The second-order valence-electron chi connectivity index (χ2n) is 17.3. The molecule has 362 valence electrons. The average Bonchev–Trinajstić information content (AvgIpc) is 3.26. The Balaban J connectivity index is 3.73. The summed E-state index contributed by atoms with van der Waals surface area (Å²) >= 11 is 0. The molecule has 1 fully saturated rings. The molecule has 0 bridgehead atoms. The van der Waals surface area contributed by atoms with Crippen LogP contribution in [0.2, 0.25) is 5.65 Å². The molecule has 1 aliphatic rings. The van der Waals surface area contributed by atoms with E-state index in [1.54, 1.807) is 41.5 Å². The highest BCUT2D eigenvalue weighted by Gasteiger charge is 2.38. The molecule has 0 aliphatic carbocycles. The Bertz CT molecular complexity index is 1900. The molecule has 6 unspecified atom stereocenters. The molecule has 6 atom stereocenters. The fourth-order valence-corrected chi connectivity index (χ4v) is 6.60. The highest BCUT2D eigenvalue weighted by atomic mass is 16.2. The average molecular weight is 912 g/mol. The van der Waals surface area contributed by atoms with Crippen molar-refractivity contribution in [1.29, 1.82) is 0 Å². The maximum absolute atomic E-state index is 14.1. The van der Waals surface area contributed by atoms with Gasteiger partial charge in [-0.25, -0.2) is 0 Å². The molecule has 0 aromatic rings. The Morgan fingerprint density at radius 1 is 0.578 bits per heavy atom. The van der Waals surface area contributed by atoms with Gasteiger partial charge in [-0.3, -0.25) is 52.7 Å². The Kier molecular flexibility index (Phi) is 19.6. The van der Waals surface area contributed by atoms with Gasteiger partial charge in [-0.2, -0.15) is 0 Å². The summed E-state index contributed by atoms with van der Waals surface area (Å²) in [5.41, 5.74) is 0. The first-order valence-corrected chi connectivity index (χ1v) is 21.3. The standard InChI is InChI=1S/C42H73N11O11/c1-16-28-40(62)50(12)22-34(58)48(10)21-32(56)47-35(24(4)5)41(63)52(14)29(17-23(2)3)38(60)44-18-30(54)45-26(8)39(61)49(11)20-31(55)43-19-33(57)53(15)36(25(6)7)42(64)51(13)27(9)37(59)46-28/h23-29,35-36H,16-22H2,1-15H3,(H,43,55)(H,44,60)(H,45,54)(H,46,59)(H,47,56)/i/hD4. The summed E-state index contributed by atoms with van der Waals surface area (Å²) in [5, 5.41) is 3.62. The Morgan fingerprint density at radius 3 is 1.67 bits per heavy atom. The van der Waals surface area contributed by atoms with E-state index in [2.05, 4.69) is 5.32 Å². The van der Waals surface area contributed by atoms with Gasteiger partial charge in [0.05, 0.1) is 32.7 Å². The maximum Gasteiger partial charge on any atom is 0.246 e. The Morgan fingerprint density at radius 2 is 1.14 bits per heavy atom. The molecule has 1 heterocycles. The van der Waals surface area contributed by atoms with Crippen LogP contribution in [-0.2, 0) is 52.7 Å². The van der Waals surface area contributed by atoms with Crippen LogP contribution in [0.5, 0.6) is 0 Å². The summed E-state index contributed by atoms with van der Waals surface area (Å²) in [5.74, 6) is -11.4. The zero-order chi connectivity index (χ0) is 53.0. The van der Waals surface area contributed by atoms with Gasteiger partial charge < -0.3 is 56.0 Å². The number of rotatable bonds is 5. The molecule has 22 nitrogen and oxygen atoms in total. The zero-order valence-corrected chi connectivity index (χ0v) is 40.1. The minimum atomic E-state index is -1.53. The van der Waals surface area contributed by atoms with Crippen molar-refractivity contribution in [2.75, 3.05) is 75.0 Å². The van der Waals surface area contributed by atoms with Crippen molar-refractivity contribution in [1.82, 2.24) is 56.0 Å². The fourth-order valence-electron chi connectivity index (χ4n) is 6.60. The number of nitrogens with zero attached hydrogens (tertiary/aromatic N) is 6. The molecule has 1 saturated heterocycles. The lowest BCUT2D eigenvalue weighted by atomic mass is 9.98. The predicted molar refractivity (Wildman–Crippen MR) is 235 cm³/mol. The first-order valence-electron chi connectivity index (χ1n) is 23.1. The quantitative estimate of drug-likeness (QED) is 0.190. The second kappa shape index (κ2) is 25.5. The van der Waals surface area contributed by atoms with Gasteiger partial charge in [0.2, 0.25) is 65.0 Å². The van der Waals surface area contributed by atoms with Crippen LogP contribution in [0.4, 0.5) is 0 Å². The lowest BCUT2D eigenvalue weighted by Gasteiger charge is -2.35. The summed E-state index contributed by atoms with van der Waals surface area (Å²) < 4.78 is 34.2. The summed E-state index contributed by atoms with van der Waals surface area (Å²) in [6.45, 7) is 10.2. The Hall–Kier alpha value is -5.83. The molecule has 0 radical (unpaired) electrons. The third kappa shape index (κ3) is 16.4. The predicted octanol–water partition coefficient (Wildman–Crippen LogP) is -2.65. The number of likely N-dealkylation sites (N-methyl/N-ethyl adjacent to an activating group) is 6. The van der Waals surface area contributed by atoms with Gasteiger partial charge in [0, 0.05) is 42.3 Å². The molecule has 22 heteroatoms. The van der Waals surface area contributed by atoms with Crippen LogP contribution >= 0.6 is 0 Å². The van der Waals surface area contributed by atoms with Crippen molar-refractivity contribution in [3.63, 3.8) is 0 Å². The fraction of sp³-hybridized carbons (Fsp3) is 0.738. The monoisotopic (exact) mass is 912 g/mol. The second-order valence-corrected chi connectivity index (χ2v) is 17.3. The minimum absolute atomic E-state index is 0.0311. The summed E-state index contributed by atoms with van der Waals surface area (Å²) in [4.78, 5) is 155. The minimum Gasteiger partial charge on any atom is -0.345 e. The Labute approximate surface area is 383 Å². The van der Waals surface area contributed by atoms with E-state index in [1.807, 2.05) is 0 Å². The molecule has 0 aromatic heterocycles. The van der Waals surface area contributed by atoms with E-state index in [-0.39, 0.29) is 29.4 Å². The first kappa shape index (κ1) is 49.2. The molecule has 0 spiro atoms. The number of carbonyl (C=O) groups is 11. The van der Waals surface area contributed by atoms with Crippen LogP contribution < -0.4 is 26.6 Å². The van der Waals surface area contributed by atoms with Gasteiger partial charge in [0.25, 0.3) is 0 Å². The van der Waals surface area contributed by atoms with Crippen LogP contribution in [0.15, 0.2) is 0 Å². The van der Waals surface area contributed by atoms with E-state index in [9.17, 15) is 52.7 Å². The van der Waals surface area contributed by atoms with Crippen molar-refractivity contribution < 1.29 is 58.4 Å². The van der Waals surface area contributed by atoms with Crippen molar-refractivity contribution in [2.24, 2.45) is 17.8 Å².